The first-order chi connectivity index (χ1) is 12.4. The van der Waals surface area contributed by atoms with Gasteiger partial charge < -0.3 is 5.32 Å². The van der Waals surface area contributed by atoms with Crippen LogP contribution in [0.1, 0.15) is 12.8 Å². The quantitative estimate of drug-likeness (QED) is 0.887. The molecule has 1 N–H and O–H groups in total. The summed E-state index contributed by atoms with van der Waals surface area (Å²) in [5.74, 6) is -2.08. The minimum atomic E-state index is -3.81. The Labute approximate surface area is 150 Å². The minimum absolute atomic E-state index is 0.00000425. The van der Waals surface area contributed by atoms with E-state index < -0.39 is 33.5 Å². The van der Waals surface area contributed by atoms with Crippen LogP contribution in [0, 0.1) is 17.6 Å². The number of carbonyl (C=O) groups is 1. The van der Waals surface area contributed by atoms with Crippen LogP contribution in [0.2, 0.25) is 0 Å². The van der Waals surface area contributed by atoms with Gasteiger partial charge in [0.15, 0.2) is 0 Å². The Hall–Kier alpha value is -2.32. The van der Waals surface area contributed by atoms with Crippen LogP contribution in [-0.4, -0.2) is 31.7 Å². The average Bonchev–Trinajstić information content (AvgIpc) is 2.64. The molecule has 1 amide bonds. The molecule has 1 atom stereocenters. The van der Waals surface area contributed by atoms with Crippen molar-refractivity contribution in [3.63, 3.8) is 0 Å². The van der Waals surface area contributed by atoms with Crippen LogP contribution in [0.15, 0.2) is 53.4 Å². The van der Waals surface area contributed by atoms with Crippen LogP contribution < -0.4 is 5.32 Å². The molecule has 5 nitrogen and oxygen atoms in total. The molecular weight excluding hydrogens is 362 g/mol. The lowest BCUT2D eigenvalue weighted by Gasteiger charge is -2.31. The molecule has 0 aromatic heterocycles. The van der Waals surface area contributed by atoms with Crippen LogP contribution in [0.4, 0.5) is 14.5 Å². The highest BCUT2D eigenvalue weighted by Gasteiger charge is 2.33. The van der Waals surface area contributed by atoms with Crippen molar-refractivity contribution in [1.82, 2.24) is 4.31 Å². The van der Waals surface area contributed by atoms with Gasteiger partial charge in [-0.15, -0.1) is 0 Å². The third-order valence-electron chi connectivity index (χ3n) is 4.34. The summed E-state index contributed by atoms with van der Waals surface area (Å²) in [4.78, 5) is 12.4. The topological polar surface area (TPSA) is 66.5 Å². The Morgan fingerprint density at radius 2 is 1.77 bits per heavy atom. The van der Waals surface area contributed by atoms with E-state index in [1.165, 1.54) is 34.6 Å². The van der Waals surface area contributed by atoms with E-state index in [-0.39, 0.29) is 23.7 Å². The first kappa shape index (κ1) is 18.5. The number of rotatable bonds is 4. The fourth-order valence-electron chi connectivity index (χ4n) is 2.93. The van der Waals surface area contributed by atoms with Crippen molar-refractivity contribution in [3.8, 4) is 0 Å². The molecule has 1 aliphatic heterocycles. The number of carbonyl (C=O) groups excluding carboxylic acids is 1. The number of para-hydroxylation sites is 1. The van der Waals surface area contributed by atoms with Crippen molar-refractivity contribution in [2.45, 2.75) is 17.7 Å². The van der Waals surface area contributed by atoms with Gasteiger partial charge in [-0.2, -0.15) is 4.31 Å². The summed E-state index contributed by atoms with van der Waals surface area (Å²) in [5.41, 5.74) is 0.0658. The Balaban J connectivity index is 1.73. The Bertz CT molecular complexity index is 901. The van der Waals surface area contributed by atoms with E-state index in [2.05, 4.69) is 5.32 Å². The van der Waals surface area contributed by atoms with Crippen LogP contribution in [0.25, 0.3) is 0 Å². The largest absolute Gasteiger partial charge is 0.323 e. The first-order valence-corrected chi connectivity index (χ1v) is 9.63. The standard InChI is InChI=1S/C18H18F2N2O3S/c19-14-7-9-15(10-8-14)26(24,25)22-11-3-4-13(12-22)18(23)21-17-6-2-1-5-16(17)20/h1-2,5-10,13H,3-4,11-12H2,(H,21,23). The molecular formula is C18H18F2N2O3S. The smallest absolute Gasteiger partial charge is 0.243 e. The maximum atomic E-state index is 13.7. The lowest BCUT2D eigenvalue weighted by Crippen LogP contribution is -2.43. The van der Waals surface area contributed by atoms with Gasteiger partial charge in [-0.3, -0.25) is 4.79 Å². The summed E-state index contributed by atoms with van der Waals surface area (Å²) in [5, 5.41) is 2.51. The van der Waals surface area contributed by atoms with Gasteiger partial charge in [0.2, 0.25) is 15.9 Å². The molecule has 0 saturated carbocycles. The Kier molecular flexibility index (Phi) is 5.33. The Morgan fingerprint density at radius 1 is 1.08 bits per heavy atom. The third-order valence-corrected chi connectivity index (χ3v) is 6.22. The highest BCUT2D eigenvalue weighted by Crippen LogP contribution is 2.25. The van der Waals surface area contributed by atoms with E-state index in [4.69, 9.17) is 0 Å². The lowest BCUT2D eigenvalue weighted by atomic mass is 9.98. The summed E-state index contributed by atoms with van der Waals surface area (Å²) in [7, 11) is -3.81. The zero-order valence-electron chi connectivity index (χ0n) is 13.9. The van der Waals surface area contributed by atoms with Crippen LogP contribution >= 0.6 is 0 Å². The molecule has 1 fully saturated rings. The summed E-state index contributed by atoms with van der Waals surface area (Å²) in [6, 6.07) is 10.4. The maximum absolute atomic E-state index is 13.7. The number of piperidine rings is 1. The van der Waals surface area contributed by atoms with Crippen LogP contribution in [-0.2, 0) is 14.8 Å². The number of nitrogens with zero attached hydrogens (tertiary/aromatic N) is 1. The van der Waals surface area contributed by atoms with Gasteiger partial charge in [0, 0.05) is 13.1 Å². The molecule has 1 saturated heterocycles. The zero-order chi connectivity index (χ0) is 18.7. The number of hydrogen-bond acceptors (Lipinski definition) is 3. The zero-order valence-corrected chi connectivity index (χ0v) is 14.7. The molecule has 0 bridgehead atoms. The van der Waals surface area contributed by atoms with Gasteiger partial charge in [-0.1, -0.05) is 12.1 Å². The third kappa shape index (κ3) is 3.91. The molecule has 3 rings (SSSR count). The number of hydrogen-bond donors (Lipinski definition) is 1. The predicted molar refractivity (Wildman–Crippen MR) is 92.9 cm³/mol. The van der Waals surface area contributed by atoms with E-state index in [1.807, 2.05) is 0 Å². The molecule has 138 valence electrons. The van der Waals surface area contributed by atoms with Crippen LogP contribution in [0.5, 0.6) is 0 Å². The summed E-state index contributed by atoms with van der Waals surface area (Å²) in [6.45, 7) is 0.281. The fraction of sp³-hybridized carbons (Fsp3) is 0.278. The number of sulfonamides is 1. The second-order valence-electron chi connectivity index (χ2n) is 6.13. The number of amides is 1. The average molecular weight is 380 g/mol. The van der Waals surface area contributed by atoms with Gasteiger partial charge in [-0.25, -0.2) is 17.2 Å². The molecule has 2 aromatic carbocycles. The molecule has 1 aliphatic rings. The number of benzene rings is 2. The number of nitrogens with one attached hydrogen (secondary N) is 1. The number of anilines is 1. The van der Waals surface area contributed by atoms with Crippen molar-refractivity contribution in [1.29, 1.82) is 0 Å². The monoisotopic (exact) mass is 380 g/mol. The second-order valence-corrected chi connectivity index (χ2v) is 8.06. The molecule has 8 heteroatoms. The van der Waals surface area contributed by atoms with Crippen LogP contribution in [0.3, 0.4) is 0 Å². The van der Waals surface area contributed by atoms with E-state index in [1.54, 1.807) is 6.07 Å². The minimum Gasteiger partial charge on any atom is -0.323 e. The maximum Gasteiger partial charge on any atom is 0.243 e. The van der Waals surface area contributed by atoms with Gasteiger partial charge >= 0.3 is 0 Å². The second kappa shape index (κ2) is 7.51. The molecule has 1 heterocycles. The highest BCUT2D eigenvalue weighted by atomic mass is 32.2. The lowest BCUT2D eigenvalue weighted by molar-refractivity contribution is -0.120. The van der Waals surface area contributed by atoms with Gasteiger partial charge in [0.1, 0.15) is 11.6 Å². The van der Waals surface area contributed by atoms with E-state index in [0.717, 1.165) is 12.1 Å². The predicted octanol–water partition coefficient (Wildman–Crippen LogP) is 3.00. The molecule has 0 radical (unpaired) electrons. The van der Waals surface area contributed by atoms with E-state index >= 15 is 0 Å². The first-order valence-electron chi connectivity index (χ1n) is 8.19. The van der Waals surface area contributed by atoms with E-state index in [0.29, 0.717) is 12.8 Å². The van der Waals surface area contributed by atoms with Crippen molar-refractivity contribution in [3.05, 3.63) is 60.2 Å². The highest BCUT2D eigenvalue weighted by molar-refractivity contribution is 7.89. The molecule has 0 spiro atoms. The normalized spacial score (nSPS) is 18.5. The van der Waals surface area contributed by atoms with Crippen molar-refractivity contribution in [2.24, 2.45) is 5.92 Å². The SMILES string of the molecule is O=C(Nc1ccccc1F)C1CCCN(S(=O)(=O)c2ccc(F)cc2)C1. The molecule has 0 aliphatic carbocycles. The molecule has 1 unspecified atom stereocenters. The van der Waals surface area contributed by atoms with Crippen molar-refractivity contribution < 1.29 is 22.0 Å². The fourth-order valence-corrected chi connectivity index (χ4v) is 4.45. The van der Waals surface area contributed by atoms with Gasteiger partial charge in [0.25, 0.3) is 0 Å². The van der Waals surface area contributed by atoms with Gasteiger partial charge in [-0.05, 0) is 49.2 Å². The van der Waals surface area contributed by atoms with E-state index in [9.17, 15) is 22.0 Å². The summed E-state index contributed by atoms with van der Waals surface area (Å²) in [6.07, 6.45) is 1.02. The van der Waals surface area contributed by atoms with Gasteiger partial charge in [0.05, 0.1) is 16.5 Å². The summed E-state index contributed by atoms with van der Waals surface area (Å²) >= 11 is 0. The van der Waals surface area contributed by atoms with Crippen molar-refractivity contribution >= 4 is 21.6 Å². The Morgan fingerprint density at radius 3 is 2.46 bits per heavy atom. The molecule has 26 heavy (non-hydrogen) atoms. The van der Waals surface area contributed by atoms with Crippen molar-refractivity contribution in [2.75, 3.05) is 18.4 Å². The molecule has 2 aromatic rings. The summed E-state index contributed by atoms with van der Waals surface area (Å²) < 4.78 is 53.3. The number of halogens is 2.